The average molecular weight is 991 g/mol. The van der Waals surface area contributed by atoms with Crippen molar-refractivity contribution in [3.8, 4) is 34.5 Å². The molecule has 0 aliphatic carbocycles. The number of nitrogens with zero attached hydrogens (tertiary/aromatic N) is 8. The lowest BCUT2D eigenvalue weighted by Crippen LogP contribution is -2.62. The van der Waals surface area contributed by atoms with E-state index in [1.165, 1.54) is 5.01 Å². The molecule has 1 unspecified atom stereocenters. The fourth-order valence-electron chi connectivity index (χ4n) is 10.9. The average Bonchev–Trinajstić information content (AvgIpc) is 4.16. The number of nitrogens with one attached hydrogen (secondary N) is 2. The normalized spacial score (nSPS) is 23.9. The molecule has 5 aliphatic rings. The van der Waals surface area contributed by atoms with Gasteiger partial charge < -0.3 is 33.9 Å². The second kappa shape index (κ2) is 20.7. The van der Waals surface area contributed by atoms with E-state index in [0.29, 0.717) is 82.3 Å². The smallest absolute Gasteiger partial charge is 0.324 e. The second-order valence-corrected chi connectivity index (χ2v) is 21.7. The molecule has 1 aromatic carbocycles. The number of benzene rings is 1. The van der Waals surface area contributed by atoms with Crippen molar-refractivity contribution < 1.29 is 38.2 Å². The molecule has 6 bridgehead atoms. The SMILES string of the molecule is CO[C@@H](C)c1ncccc1-c1c2c3cc(ccc3n1C)-c1nsc(n1)C[C@H](NC(=O)[C@H](C(C)C)N1CCC3(CCN(C(=O)C#CCN4CCOCC4)C3)C1=O)C(=O)N1CCC[C@H](N1)C(=O)OCC(C)(C)C2. The van der Waals surface area contributed by atoms with Crippen LogP contribution in [0.4, 0.5) is 0 Å². The van der Waals surface area contributed by atoms with E-state index < -0.39 is 46.7 Å². The number of carbonyl (C=O) groups excluding carboxylic acids is 5. The van der Waals surface area contributed by atoms with Gasteiger partial charge in [-0.1, -0.05) is 33.6 Å². The number of esters is 1. The maximum absolute atomic E-state index is 14.7. The van der Waals surface area contributed by atoms with E-state index >= 15 is 0 Å². The number of pyridine rings is 1. The number of aromatic nitrogens is 4. The molecule has 9 rings (SSSR count). The second-order valence-electron chi connectivity index (χ2n) is 20.9. The first-order chi connectivity index (χ1) is 34.1. The highest BCUT2D eigenvalue weighted by atomic mass is 32.1. The molecule has 4 aromatic rings. The Labute approximate surface area is 419 Å². The summed E-state index contributed by atoms with van der Waals surface area (Å²) in [6.07, 6.45) is 4.02. The molecule has 5 atom stereocenters. The van der Waals surface area contributed by atoms with Crippen LogP contribution in [0.1, 0.15) is 82.7 Å². The third-order valence-electron chi connectivity index (χ3n) is 14.9. The first kappa shape index (κ1) is 50.2. The number of hydrogen-bond donors (Lipinski definition) is 2. The standard InChI is InChI=1S/C52H66N10O8S/c1-32(2)44(61-22-17-52(50(61)67)16-21-60(30-52)42(63)13-10-19-59-23-25-69-26-24-59)47(64)54-39-28-41-55-46(57-71-41)34-14-15-40-36(27-34)37(45(58(40)6)35-11-8-18-53-43(35)33(3)68-7)29-51(4,5)31-70-49(66)38-12-9-20-62(56-38)48(39)65/h8,11,14-15,18,27,32-33,38-39,44,56H,9,12,16-17,19-26,28-31H2,1-7H3,(H,54,64)/t33-,38-,39-,44-,52?/m0/s1. The minimum Gasteiger partial charge on any atom is -0.464 e. The van der Waals surface area contributed by atoms with Crippen molar-refractivity contribution in [3.05, 3.63) is 52.8 Å². The van der Waals surface area contributed by atoms with Gasteiger partial charge in [0.15, 0.2) is 5.82 Å². The van der Waals surface area contributed by atoms with Gasteiger partial charge in [0.25, 0.3) is 11.8 Å². The van der Waals surface area contributed by atoms with Crippen molar-refractivity contribution in [2.75, 3.05) is 72.7 Å². The van der Waals surface area contributed by atoms with E-state index in [9.17, 15) is 24.0 Å². The quantitative estimate of drug-likeness (QED) is 0.191. The summed E-state index contributed by atoms with van der Waals surface area (Å²) in [5, 5.41) is 5.98. The largest absolute Gasteiger partial charge is 0.464 e. The molecular formula is C52H66N10O8S. The summed E-state index contributed by atoms with van der Waals surface area (Å²) >= 11 is 1.16. The Balaban J connectivity index is 1.000. The fourth-order valence-corrected chi connectivity index (χ4v) is 11.6. The molecule has 378 valence electrons. The highest BCUT2D eigenvalue weighted by Crippen LogP contribution is 2.43. The Morgan fingerprint density at radius 3 is 2.62 bits per heavy atom. The lowest BCUT2D eigenvalue weighted by molar-refractivity contribution is -0.155. The van der Waals surface area contributed by atoms with E-state index in [0.717, 1.165) is 63.6 Å². The highest BCUT2D eigenvalue weighted by molar-refractivity contribution is 7.05. The van der Waals surface area contributed by atoms with E-state index in [-0.39, 0.29) is 43.4 Å². The molecule has 4 saturated heterocycles. The maximum Gasteiger partial charge on any atom is 0.324 e. The van der Waals surface area contributed by atoms with Crippen LogP contribution >= 0.6 is 11.5 Å². The first-order valence-corrected chi connectivity index (χ1v) is 25.7. The van der Waals surface area contributed by atoms with Gasteiger partial charge in [0.05, 0.1) is 49.3 Å². The van der Waals surface area contributed by atoms with Gasteiger partial charge in [0.1, 0.15) is 23.1 Å². The van der Waals surface area contributed by atoms with Crippen LogP contribution in [0.3, 0.4) is 0 Å². The fraction of sp³-hybridized carbons (Fsp3) is 0.577. The number of amides is 4. The van der Waals surface area contributed by atoms with Crippen molar-refractivity contribution in [3.63, 3.8) is 0 Å². The molecule has 3 aromatic heterocycles. The molecule has 4 amide bonds. The van der Waals surface area contributed by atoms with Crippen molar-refractivity contribution in [1.29, 1.82) is 0 Å². The predicted octanol–water partition coefficient (Wildman–Crippen LogP) is 3.93. The van der Waals surface area contributed by atoms with Gasteiger partial charge in [-0.3, -0.25) is 38.9 Å². The zero-order chi connectivity index (χ0) is 50.2. The van der Waals surface area contributed by atoms with Crippen molar-refractivity contribution in [2.45, 2.75) is 97.4 Å². The number of carbonyl (C=O) groups is 5. The van der Waals surface area contributed by atoms with Crippen LogP contribution in [0.25, 0.3) is 33.5 Å². The Hall–Kier alpha value is -5.78. The summed E-state index contributed by atoms with van der Waals surface area (Å²) < 4.78 is 24.3. The number of morpholine rings is 1. The zero-order valence-corrected chi connectivity index (χ0v) is 42.7. The first-order valence-electron chi connectivity index (χ1n) is 24.9. The van der Waals surface area contributed by atoms with E-state index in [4.69, 9.17) is 28.6 Å². The van der Waals surface area contributed by atoms with Crippen LogP contribution in [0, 0.1) is 28.6 Å². The number of aryl methyl sites for hydroxylation is 1. The highest BCUT2D eigenvalue weighted by Gasteiger charge is 2.54. The number of hydrazine groups is 1. The minimum atomic E-state index is -1.12. The van der Waals surface area contributed by atoms with Gasteiger partial charge in [-0.25, -0.2) is 10.4 Å². The van der Waals surface area contributed by atoms with E-state index in [1.54, 1.807) is 23.1 Å². The predicted molar refractivity (Wildman–Crippen MR) is 266 cm³/mol. The summed E-state index contributed by atoms with van der Waals surface area (Å²) in [5.41, 5.74) is 7.35. The molecule has 0 radical (unpaired) electrons. The van der Waals surface area contributed by atoms with Crippen LogP contribution < -0.4 is 10.7 Å². The van der Waals surface area contributed by atoms with Crippen LogP contribution in [-0.4, -0.2) is 159 Å². The van der Waals surface area contributed by atoms with Gasteiger partial charge in [0.2, 0.25) is 11.8 Å². The van der Waals surface area contributed by atoms with Gasteiger partial charge in [-0.15, -0.1) is 0 Å². The Kier molecular flexibility index (Phi) is 14.7. The third-order valence-corrected chi connectivity index (χ3v) is 15.6. The van der Waals surface area contributed by atoms with Gasteiger partial charge in [-0.2, -0.15) is 4.37 Å². The molecule has 1 spiro atoms. The number of methoxy groups -OCH3 is 1. The Bertz CT molecular complexity index is 2760. The summed E-state index contributed by atoms with van der Waals surface area (Å²) in [7, 11) is 3.71. The summed E-state index contributed by atoms with van der Waals surface area (Å²) in [5.74, 6) is 4.10. The van der Waals surface area contributed by atoms with Crippen LogP contribution in [0.2, 0.25) is 0 Å². The molecule has 18 nitrogen and oxygen atoms in total. The van der Waals surface area contributed by atoms with Crippen LogP contribution in [0.5, 0.6) is 0 Å². The number of hydrogen-bond acceptors (Lipinski definition) is 14. The summed E-state index contributed by atoms with van der Waals surface area (Å²) in [6, 6.07) is 7.31. The van der Waals surface area contributed by atoms with Crippen molar-refractivity contribution in [1.82, 2.24) is 49.4 Å². The van der Waals surface area contributed by atoms with Gasteiger partial charge >= 0.3 is 5.97 Å². The topological polar surface area (TPSA) is 194 Å². The van der Waals surface area contributed by atoms with Gasteiger partial charge in [-0.05, 0) is 98.3 Å². The zero-order valence-electron chi connectivity index (χ0n) is 41.9. The van der Waals surface area contributed by atoms with E-state index in [1.807, 2.05) is 40.0 Å². The summed E-state index contributed by atoms with van der Waals surface area (Å²) in [6.45, 7) is 14.6. The number of ether oxygens (including phenoxy) is 3. The number of rotatable bonds is 8. The molecule has 5 aliphatic heterocycles. The molecule has 4 fully saturated rings. The molecular weight excluding hydrogens is 925 g/mol. The van der Waals surface area contributed by atoms with E-state index in [2.05, 4.69) is 64.1 Å². The van der Waals surface area contributed by atoms with Crippen LogP contribution in [-0.2, 0) is 58.1 Å². The lowest BCUT2D eigenvalue weighted by atomic mass is 9.84. The molecule has 2 N–H and O–H groups in total. The van der Waals surface area contributed by atoms with Crippen molar-refractivity contribution >= 4 is 52.0 Å². The van der Waals surface area contributed by atoms with Crippen LogP contribution in [0.15, 0.2) is 36.5 Å². The lowest BCUT2D eigenvalue weighted by Gasteiger charge is -2.36. The van der Waals surface area contributed by atoms with Crippen molar-refractivity contribution in [2.24, 2.45) is 23.8 Å². The molecule has 71 heavy (non-hydrogen) atoms. The number of likely N-dealkylation sites (tertiary alicyclic amines) is 2. The minimum absolute atomic E-state index is 0.0144. The summed E-state index contributed by atoms with van der Waals surface area (Å²) in [4.78, 5) is 86.3. The molecule has 19 heteroatoms. The molecule has 0 saturated carbocycles. The number of cyclic esters (lactones) is 1. The van der Waals surface area contributed by atoms with Gasteiger partial charge in [0, 0.05) is 93.5 Å². The monoisotopic (exact) mass is 990 g/mol. The Morgan fingerprint density at radius 1 is 1.06 bits per heavy atom. The molecule has 8 heterocycles. The maximum atomic E-state index is 14.7. The third kappa shape index (κ3) is 10.3. The Morgan fingerprint density at radius 2 is 1.85 bits per heavy atom. The number of fused-ring (bicyclic) bond motifs is 6.